The first-order chi connectivity index (χ1) is 21.1. The van der Waals surface area contributed by atoms with Crippen molar-refractivity contribution in [3.8, 4) is 11.8 Å². The minimum atomic E-state index is -5.04. The molecule has 46 heavy (non-hydrogen) atoms. The number of hydrogen-bond acceptors (Lipinski definition) is 5. The van der Waals surface area contributed by atoms with E-state index in [0.29, 0.717) is 10.7 Å². The van der Waals surface area contributed by atoms with E-state index >= 15 is 8.78 Å². The summed E-state index contributed by atoms with van der Waals surface area (Å²) in [7, 11) is -3.60. The van der Waals surface area contributed by atoms with Gasteiger partial charge in [0.1, 0.15) is 34.3 Å². The largest absolute Gasteiger partial charge is 0.435 e. The number of sulfone groups is 1. The van der Waals surface area contributed by atoms with Crippen molar-refractivity contribution >= 4 is 31.7 Å². The van der Waals surface area contributed by atoms with Gasteiger partial charge in [0.2, 0.25) is 5.91 Å². The Bertz CT molecular complexity index is 1890. The summed E-state index contributed by atoms with van der Waals surface area (Å²) in [4.78, 5) is 17.7. The first-order valence-corrected chi connectivity index (χ1v) is 16.5. The number of rotatable bonds is 7. The van der Waals surface area contributed by atoms with Crippen LogP contribution in [0.15, 0.2) is 34.8 Å². The third-order valence-corrected chi connectivity index (χ3v) is 10.9. The topological polar surface area (TPSA) is 93.9 Å². The summed E-state index contributed by atoms with van der Waals surface area (Å²) in [6, 6.07) is 4.34. The molecule has 0 aliphatic heterocycles. The molecule has 7 nitrogen and oxygen atoms in total. The summed E-state index contributed by atoms with van der Waals surface area (Å²) in [5, 5.41) is 5.92. The molecule has 0 saturated heterocycles. The van der Waals surface area contributed by atoms with Crippen molar-refractivity contribution in [3.63, 3.8) is 0 Å². The van der Waals surface area contributed by atoms with Gasteiger partial charge in [-0.1, -0.05) is 12.8 Å². The van der Waals surface area contributed by atoms with Gasteiger partial charge >= 0.3 is 6.18 Å². The van der Waals surface area contributed by atoms with E-state index in [-0.39, 0.29) is 27.8 Å². The zero-order valence-corrected chi connectivity index (χ0v) is 27.0. The number of pyridine rings is 1. The van der Waals surface area contributed by atoms with Gasteiger partial charge in [0, 0.05) is 34.2 Å². The highest BCUT2D eigenvalue weighted by Gasteiger charge is 2.72. The second-order valence-corrected chi connectivity index (χ2v) is 15.4. The van der Waals surface area contributed by atoms with Gasteiger partial charge in [0.05, 0.1) is 11.7 Å². The summed E-state index contributed by atoms with van der Waals surface area (Å²) in [5.74, 6) is -4.30. The molecule has 16 heteroatoms. The number of aromatic nitrogens is 3. The number of carbonyl (C=O) groups excluding carboxylic acids is 1. The molecule has 0 bridgehead atoms. The molecule has 1 aromatic carbocycles. The second-order valence-electron chi connectivity index (χ2n) is 12.0. The lowest BCUT2D eigenvalue weighted by atomic mass is 10.0. The van der Waals surface area contributed by atoms with Crippen LogP contribution in [0.2, 0.25) is 0 Å². The molecule has 1 N–H and O–H groups in total. The van der Waals surface area contributed by atoms with Crippen molar-refractivity contribution in [2.75, 3.05) is 6.26 Å². The fourth-order valence-electron chi connectivity index (χ4n) is 5.72. The minimum absolute atomic E-state index is 0.0593. The maximum atomic E-state index is 15.3. The van der Waals surface area contributed by atoms with Gasteiger partial charge in [-0.05, 0) is 77.9 Å². The number of nitrogens with zero attached hydrogens (tertiary/aromatic N) is 3. The number of benzene rings is 1. The lowest BCUT2D eigenvalue weighted by Crippen LogP contribution is -2.35. The lowest BCUT2D eigenvalue weighted by molar-refractivity contribution is -0.142. The number of carbonyl (C=O) groups is 1. The highest BCUT2D eigenvalue weighted by Crippen LogP contribution is 2.71. The number of halogens is 8. The van der Waals surface area contributed by atoms with Crippen molar-refractivity contribution < 1.29 is 43.9 Å². The third kappa shape index (κ3) is 6.27. The van der Waals surface area contributed by atoms with Gasteiger partial charge in [-0.2, -0.15) is 27.1 Å². The zero-order valence-electron chi connectivity index (χ0n) is 24.6. The van der Waals surface area contributed by atoms with Crippen molar-refractivity contribution in [2.24, 2.45) is 11.8 Å². The van der Waals surface area contributed by atoms with Crippen LogP contribution in [-0.4, -0.2) is 40.1 Å². The smallest absolute Gasteiger partial charge is 0.346 e. The van der Waals surface area contributed by atoms with Crippen LogP contribution in [-0.2, 0) is 39.7 Å². The number of alkyl halides is 5. The molecular formula is C30H26BrF7N4O3S. The Kier molecular flexibility index (Phi) is 8.37. The second kappa shape index (κ2) is 11.4. The molecular weight excluding hydrogens is 709 g/mol. The van der Waals surface area contributed by atoms with Crippen LogP contribution in [0, 0.1) is 35.3 Å². The van der Waals surface area contributed by atoms with Gasteiger partial charge in [-0.3, -0.25) is 9.48 Å². The van der Waals surface area contributed by atoms with Gasteiger partial charge < -0.3 is 5.32 Å². The number of hydrogen-bond donors (Lipinski definition) is 1. The van der Waals surface area contributed by atoms with E-state index in [9.17, 15) is 35.2 Å². The average molecular weight is 736 g/mol. The summed E-state index contributed by atoms with van der Waals surface area (Å²) in [6.07, 6.45) is -4.32. The maximum Gasteiger partial charge on any atom is 0.435 e. The van der Waals surface area contributed by atoms with Crippen LogP contribution in [0.1, 0.15) is 66.6 Å². The molecule has 2 aromatic heterocycles. The summed E-state index contributed by atoms with van der Waals surface area (Å²) in [5.41, 5.74) is -2.85. The fourth-order valence-corrected chi connectivity index (χ4v) is 6.46. The van der Waals surface area contributed by atoms with Gasteiger partial charge in [-0.25, -0.2) is 22.2 Å². The molecule has 3 aromatic rings. The van der Waals surface area contributed by atoms with E-state index in [1.54, 1.807) is 0 Å². The Balaban J connectivity index is 1.51. The highest BCUT2D eigenvalue weighted by atomic mass is 79.9. The van der Waals surface area contributed by atoms with Crippen LogP contribution < -0.4 is 5.32 Å². The maximum absolute atomic E-state index is 15.3. The predicted octanol–water partition coefficient (Wildman–Crippen LogP) is 6.07. The zero-order chi connectivity index (χ0) is 34.1. The summed E-state index contributed by atoms with van der Waals surface area (Å²) >= 11 is 3.30. The Morgan fingerprint density at radius 3 is 2.37 bits per heavy atom. The fraction of sp³-hybridized carbons (Fsp3) is 0.433. The number of nitrogens with one attached hydrogen (secondary N) is 1. The SMILES string of the molecule is C[C@H]1C2[C@H]1c1c(C(F)(F)F)nn(CC(=O)N[C@@H](Cc3cc(F)cc(F)c3)c3nc(C#CC(C)(C)S(C)(=O)=O)ccc3Br)c1C2(F)F. The highest BCUT2D eigenvalue weighted by molar-refractivity contribution is 9.10. The van der Waals surface area contributed by atoms with E-state index in [1.165, 1.54) is 32.9 Å². The van der Waals surface area contributed by atoms with Gasteiger partial charge in [0.15, 0.2) is 15.5 Å². The van der Waals surface area contributed by atoms with Crippen molar-refractivity contribution in [2.45, 2.75) is 62.5 Å². The van der Waals surface area contributed by atoms with E-state index in [4.69, 9.17) is 0 Å². The van der Waals surface area contributed by atoms with E-state index in [0.717, 1.165) is 18.4 Å². The molecule has 1 fully saturated rings. The molecule has 246 valence electrons. The predicted molar refractivity (Wildman–Crippen MR) is 155 cm³/mol. The first kappa shape index (κ1) is 33.9. The molecule has 5 rings (SSSR count). The third-order valence-electron chi connectivity index (χ3n) is 8.32. The van der Waals surface area contributed by atoms with Crippen LogP contribution in [0.5, 0.6) is 0 Å². The van der Waals surface area contributed by atoms with Crippen LogP contribution in [0.3, 0.4) is 0 Å². The van der Waals surface area contributed by atoms with Crippen LogP contribution >= 0.6 is 15.9 Å². The molecule has 2 heterocycles. The molecule has 0 spiro atoms. The van der Waals surface area contributed by atoms with Crippen molar-refractivity contribution in [1.82, 2.24) is 20.1 Å². The van der Waals surface area contributed by atoms with Crippen LogP contribution in [0.25, 0.3) is 0 Å². The summed E-state index contributed by atoms with van der Waals surface area (Å²) in [6.45, 7) is 3.19. The minimum Gasteiger partial charge on any atom is -0.346 e. The molecule has 1 unspecified atom stereocenters. The van der Waals surface area contributed by atoms with Crippen LogP contribution in [0.4, 0.5) is 30.7 Å². The van der Waals surface area contributed by atoms with E-state index < -0.39 is 91.5 Å². The van der Waals surface area contributed by atoms with E-state index in [1.807, 2.05) is 0 Å². The molecule has 1 saturated carbocycles. The Hall–Kier alpha value is -3.45. The Morgan fingerprint density at radius 2 is 1.78 bits per heavy atom. The molecule has 0 radical (unpaired) electrons. The number of amides is 1. The summed E-state index contributed by atoms with van der Waals surface area (Å²) < 4.78 is 124. The van der Waals surface area contributed by atoms with Crippen molar-refractivity contribution in [1.29, 1.82) is 0 Å². The molecule has 4 atom stereocenters. The van der Waals surface area contributed by atoms with Gasteiger partial charge in [0.25, 0.3) is 5.92 Å². The molecule has 2 aliphatic carbocycles. The Morgan fingerprint density at radius 1 is 1.15 bits per heavy atom. The quantitative estimate of drug-likeness (QED) is 0.235. The standard InChI is InChI=1S/C30H26BrF7N4O3S/c1-14-22-23-26(30(36,37)38)41-42(27(23)29(34,35)24(14)22)13-21(43)40-20(11-15-9-16(32)12-17(33)10-15)25-19(31)6-5-18(39-25)7-8-28(2,3)46(4,44)45/h5-6,9-10,12,14,20,22,24H,11,13H2,1-4H3,(H,40,43)/t14-,20+,22-,24?/m1/s1. The van der Waals surface area contributed by atoms with Gasteiger partial charge in [-0.15, -0.1) is 0 Å². The van der Waals surface area contributed by atoms with E-state index in [2.05, 4.69) is 43.2 Å². The lowest BCUT2D eigenvalue weighted by Gasteiger charge is -2.21. The number of fused-ring (bicyclic) bond motifs is 3. The Labute approximate surface area is 268 Å². The molecule has 2 aliphatic rings. The van der Waals surface area contributed by atoms with Crippen molar-refractivity contribution in [3.05, 3.63) is 80.3 Å². The first-order valence-electron chi connectivity index (χ1n) is 13.8. The normalized spacial score (nSPS) is 20.7. The molecule has 1 amide bonds. The monoisotopic (exact) mass is 734 g/mol. The average Bonchev–Trinajstić information content (AvgIpc) is 3.31.